The molecule has 0 radical (unpaired) electrons. The number of likely N-dealkylation sites (tertiary alicyclic amines) is 1. The fourth-order valence-electron chi connectivity index (χ4n) is 4.16. The van der Waals surface area contributed by atoms with Gasteiger partial charge in [0.1, 0.15) is 23.9 Å². The van der Waals surface area contributed by atoms with Crippen molar-refractivity contribution in [3.63, 3.8) is 0 Å². The summed E-state index contributed by atoms with van der Waals surface area (Å²) >= 11 is 0. The second-order valence-electron chi connectivity index (χ2n) is 9.07. The van der Waals surface area contributed by atoms with Crippen LogP contribution < -0.4 is 4.74 Å². The SMILES string of the molecule is CCn1ncc(-c2nc3c(O[C@H]4CCN(C(=O)c5noc(C(C)(C)O)n5)C4)ncnc3n2C)c1C. The average molecular weight is 482 g/mol. The van der Waals surface area contributed by atoms with E-state index in [9.17, 15) is 9.90 Å². The molecular formula is C22H27N9O4. The van der Waals surface area contributed by atoms with E-state index in [1.165, 1.54) is 20.2 Å². The normalized spacial score (nSPS) is 16.4. The molecule has 0 unspecified atom stereocenters. The van der Waals surface area contributed by atoms with Crippen LogP contribution in [0.4, 0.5) is 0 Å². The second kappa shape index (κ2) is 8.41. The first-order chi connectivity index (χ1) is 16.7. The quantitative estimate of drug-likeness (QED) is 0.429. The van der Waals surface area contributed by atoms with Crippen molar-refractivity contribution in [2.75, 3.05) is 13.1 Å². The number of aryl methyl sites for hydroxylation is 2. The van der Waals surface area contributed by atoms with Crippen LogP contribution in [0.15, 0.2) is 17.0 Å². The Hall–Kier alpha value is -3.87. The number of carbonyl (C=O) groups excluding carboxylic acids is 1. The molecule has 1 N–H and O–H groups in total. The van der Waals surface area contributed by atoms with Crippen LogP contribution in [0.1, 0.15) is 49.4 Å². The van der Waals surface area contributed by atoms with Gasteiger partial charge in [-0.25, -0.2) is 9.97 Å². The van der Waals surface area contributed by atoms with E-state index in [4.69, 9.17) is 14.2 Å². The number of aliphatic hydroxyl groups is 1. The summed E-state index contributed by atoms with van der Waals surface area (Å²) in [6.45, 7) is 8.63. The first kappa shape index (κ1) is 22.9. The van der Waals surface area contributed by atoms with Crippen molar-refractivity contribution < 1.29 is 19.2 Å². The smallest absolute Gasteiger partial charge is 0.295 e. The standard InChI is InChI=1S/C22H27N9O4/c1-6-31-12(2)14(9-25-31)17-26-15-18(29(17)5)23-11-24-19(15)34-13-7-8-30(10-13)20(32)16-27-21(35-28-16)22(3,4)33/h9,11,13,33H,6-8,10H2,1-5H3/t13-/m0/s1. The summed E-state index contributed by atoms with van der Waals surface area (Å²) in [4.78, 5) is 31.9. The molecule has 0 aromatic carbocycles. The van der Waals surface area contributed by atoms with Gasteiger partial charge < -0.3 is 23.8 Å². The number of ether oxygens (including phenoxy) is 1. The van der Waals surface area contributed by atoms with Crippen LogP contribution in [-0.4, -0.2) is 74.5 Å². The summed E-state index contributed by atoms with van der Waals surface area (Å²) in [7, 11) is 1.90. The average Bonchev–Trinajstić information content (AvgIpc) is 3.60. The molecule has 1 fully saturated rings. The molecule has 1 amide bonds. The van der Waals surface area contributed by atoms with Crippen molar-refractivity contribution in [3.05, 3.63) is 29.9 Å². The highest BCUT2D eigenvalue weighted by Gasteiger charge is 2.33. The van der Waals surface area contributed by atoms with Gasteiger partial charge in [0.2, 0.25) is 5.88 Å². The van der Waals surface area contributed by atoms with Gasteiger partial charge in [0, 0.05) is 32.3 Å². The third-order valence-corrected chi connectivity index (χ3v) is 6.12. The second-order valence-corrected chi connectivity index (χ2v) is 9.07. The van der Waals surface area contributed by atoms with E-state index in [2.05, 4.69) is 25.2 Å². The topological polar surface area (TPSA) is 150 Å². The lowest BCUT2D eigenvalue weighted by atomic mass is 10.1. The Balaban J connectivity index is 1.35. The van der Waals surface area contributed by atoms with Crippen LogP contribution in [-0.2, 0) is 19.2 Å². The fraction of sp³-hybridized carbons (Fsp3) is 0.500. The molecule has 0 aliphatic carbocycles. The lowest BCUT2D eigenvalue weighted by Gasteiger charge is -2.15. The van der Waals surface area contributed by atoms with Crippen LogP contribution in [0.2, 0.25) is 0 Å². The predicted octanol–water partition coefficient (Wildman–Crippen LogP) is 1.46. The molecule has 4 aromatic heterocycles. The Morgan fingerprint density at radius 3 is 2.80 bits per heavy atom. The number of aromatic nitrogens is 8. The van der Waals surface area contributed by atoms with Crippen LogP contribution in [0.25, 0.3) is 22.6 Å². The number of rotatable bonds is 6. The van der Waals surface area contributed by atoms with Gasteiger partial charge in [0.25, 0.3) is 17.6 Å². The summed E-state index contributed by atoms with van der Waals surface area (Å²) in [5, 5.41) is 18.1. The number of amides is 1. The Bertz CT molecular complexity index is 1400. The number of hydrogen-bond donors (Lipinski definition) is 1. The van der Waals surface area contributed by atoms with E-state index in [-0.39, 0.29) is 23.7 Å². The van der Waals surface area contributed by atoms with Gasteiger partial charge in [-0.2, -0.15) is 15.1 Å². The molecule has 35 heavy (non-hydrogen) atoms. The van der Waals surface area contributed by atoms with Gasteiger partial charge in [-0.1, -0.05) is 5.16 Å². The third-order valence-electron chi connectivity index (χ3n) is 6.12. The van der Waals surface area contributed by atoms with Crippen LogP contribution in [0.3, 0.4) is 0 Å². The minimum Gasteiger partial charge on any atom is -0.471 e. The summed E-state index contributed by atoms with van der Waals surface area (Å²) in [6, 6.07) is 0. The molecule has 5 heterocycles. The van der Waals surface area contributed by atoms with Crippen LogP contribution in [0.5, 0.6) is 5.88 Å². The minimum absolute atomic E-state index is 0.0121. The van der Waals surface area contributed by atoms with Crippen molar-refractivity contribution in [1.29, 1.82) is 0 Å². The lowest BCUT2D eigenvalue weighted by Crippen LogP contribution is -2.32. The van der Waals surface area contributed by atoms with E-state index in [1.807, 2.05) is 30.1 Å². The van der Waals surface area contributed by atoms with Gasteiger partial charge in [-0.05, 0) is 27.7 Å². The van der Waals surface area contributed by atoms with Gasteiger partial charge >= 0.3 is 0 Å². The van der Waals surface area contributed by atoms with Crippen LogP contribution in [0, 0.1) is 6.92 Å². The first-order valence-electron chi connectivity index (χ1n) is 11.4. The molecule has 0 bridgehead atoms. The Labute approximate surface area is 200 Å². The molecule has 0 saturated carbocycles. The Morgan fingerprint density at radius 2 is 2.11 bits per heavy atom. The summed E-state index contributed by atoms with van der Waals surface area (Å²) in [6.07, 6.45) is 3.57. The summed E-state index contributed by atoms with van der Waals surface area (Å²) in [5.41, 5.74) is 1.80. The van der Waals surface area contributed by atoms with Gasteiger partial charge in [-0.3, -0.25) is 9.48 Å². The minimum atomic E-state index is -1.32. The molecule has 1 saturated heterocycles. The monoisotopic (exact) mass is 481 g/mol. The highest BCUT2D eigenvalue weighted by atomic mass is 16.5. The lowest BCUT2D eigenvalue weighted by molar-refractivity contribution is 0.0420. The van der Waals surface area contributed by atoms with E-state index < -0.39 is 5.60 Å². The highest BCUT2D eigenvalue weighted by molar-refractivity contribution is 5.90. The fourth-order valence-corrected chi connectivity index (χ4v) is 4.16. The zero-order valence-corrected chi connectivity index (χ0v) is 20.3. The predicted molar refractivity (Wildman–Crippen MR) is 122 cm³/mol. The largest absolute Gasteiger partial charge is 0.471 e. The Kier molecular flexibility index (Phi) is 5.50. The van der Waals surface area contributed by atoms with E-state index >= 15 is 0 Å². The number of imidazole rings is 1. The molecule has 13 heteroatoms. The molecule has 0 spiro atoms. The van der Waals surface area contributed by atoms with Crippen molar-refractivity contribution in [3.8, 4) is 17.3 Å². The van der Waals surface area contributed by atoms with E-state index in [1.54, 1.807) is 11.1 Å². The zero-order chi connectivity index (χ0) is 24.9. The maximum atomic E-state index is 12.8. The van der Waals surface area contributed by atoms with Gasteiger partial charge in [0.05, 0.1) is 18.3 Å². The summed E-state index contributed by atoms with van der Waals surface area (Å²) in [5.74, 6) is 0.601. The number of hydrogen-bond acceptors (Lipinski definition) is 10. The molecule has 1 atom stereocenters. The van der Waals surface area contributed by atoms with E-state index in [0.29, 0.717) is 36.6 Å². The molecule has 4 aromatic rings. The third kappa shape index (κ3) is 4.01. The number of nitrogens with zero attached hydrogens (tertiary/aromatic N) is 9. The van der Waals surface area contributed by atoms with E-state index in [0.717, 1.165) is 23.6 Å². The zero-order valence-electron chi connectivity index (χ0n) is 20.3. The van der Waals surface area contributed by atoms with Gasteiger partial charge in [-0.15, -0.1) is 0 Å². The Morgan fingerprint density at radius 1 is 1.31 bits per heavy atom. The number of fused-ring (bicyclic) bond motifs is 1. The van der Waals surface area contributed by atoms with Crippen molar-refractivity contribution >= 4 is 17.1 Å². The van der Waals surface area contributed by atoms with Crippen molar-refractivity contribution in [2.45, 2.75) is 52.4 Å². The maximum Gasteiger partial charge on any atom is 0.295 e. The molecule has 5 rings (SSSR count). The van der Waals surface area contributed by atoms with Crippen molar-refractivity contribution in [1.82, 2.24) is 44.3 Å². The number of carbonyl (C=O) groups is 1. The molecule has 1 aliphatic rings. The first-order valence-corrected chi connectivity index (χ1v) is 11.4. The maximum absolute atomic E-state index is 12.8. The molecular weight excluding hydrogens is 454 g/mol. The molecule has 184 valence electrons. The van der Waals surface area contributed by atoms with Crippen molar-refractivity contribution in [2.24, 2.45) is 7.05 Å². The summed E-state index contributed by atoms with van der Waals surface area (Å²) < 4.78 is 15.0. The highest BCUT2D eigenvalue weighted by Crippen LogP contribution is 2.30. The van der Waals surface area contributed by atoms with Gasteiger partial charge in [0.15, 0.2) is 11.2 Å². The van der Waals surface area contributed by atoms with Crippen LogP contribution >= 0.6 is 0 Å². The molecule has 13 nitrogen and oxygen atoms in total. The molecule has 1 aliphatic heterocycles.